The van der Waals surface area contributed by atoms with Crippen molar-refractivity contribution < 1.29 is 4.74 Å². The molecule has 1 N–H and O–H groups in total. The van der Waals surface area contributed by atoms with E-state index in [4.69, 9.17) is 4.74 Å². The van der Waals surface area contributed by atoms with Crippen LogP contribution in [0, 0.1) is 5.92 Å². The molecule has 21 heavy (non-hydrogen) atoms. The zero-order valence-corrected chi connectivity index (χ0v) is 14.4. The number of ether oxygens (including phenoxy) is 1. The van der Waals surface area contributed by atoms with Crippen molar-refractivity contribution in [2.75, 3.05) is 13.7 Å². The summed E-state index contributed by atoms with van der Waals surface area (Å²) in [5, 5.41) is 3.76. The normalized spacial score (nSPS) is 19.3. The first-order valence-corrected chi connectivity index (χ1v) is 9.20. The van der Waals surface area contributed by atoms with Crippen molar-refractivity contribution >= 4 is 0 Å². The molecule has 2 atom stereocenters. The van der Waals surface area contributed by atoms with Gasteiger partial charge in [0.2, 0.25) is 0 Å². The molecular formula is C19H37NO. The molecule has 0 aromatic heterocycles. The molecule has 2 nitrogen and oxygen atoms in total. The summed E-state index contributed by atoms with van der Waals surface area (Å²) in [5.74, 6) is 0.770. The Bertz CT molecular complexity index is 248. The molecule has 0 amide bonds. The van der Waals surface area contributed by atoms with Gasteiger partial charge in [-0.05, 0) is 51.0 Å². The fourth-order valence-corrected chi connectivity index (χ4v) is 3.69. The Balaban J connectivity index is 2.44. The van der Waals surface area contributed by atoms with Gasteiger partial charge >= 0.3 is 0 Å². The zero-order valence-electron chi connectivity index (χ0n) is 14.4. The Morgan fingerprint density at radius 1 is 1.19 bits per heavy atom. The van der Waals surface area contributed by atoms with Crippen LogP contribution < -0.4 is 5.32 Å². The van der Waals surface area contributed by atoms with Crippen LogP contribution in [-0.2, 0) is 4.74 Å². The van der Waals surface area contributed by atoms with Gasteiger partial charge < -0.3 is 10.1 Å². The van der Waals surface area contributed by atoms with Crippen LogP contribution in [0.1, 0.15) is 77.6 Å². The molecule has 0 aromatic rings. The van der Waals surface area contributed by atoms with Crippen molar-refractivity contribution in [1.82, 2.24) is 5.32 Å². The minimum atomic E-state index is 0.413. The molecule has 0 radical (unpaired) electrons. The predicted octanol–water partition coefficient (Wildman–Crippen LogP) is 5.09. The van der Waals surface area contributed by atoms with Crippen molar-refractivity contribution in [3.05, 3.63) is 12.7 Å². The second-order valence-corrected chi connectivity index (χ2v) is 6.59. The predicted molar refractivity (Wildman–Crippen MR) is 92.7 cm³/mol. The van der Waals surface area contributed by atoms with E-state index in [9.17, 15) is 0 Å². The maximum absolute atomic E-state index is 5.95. The summed E-state index contributed by atoms with van der Waals surface area (Å²) in [6.45, 7) is 7.17. The number of nitrogens with one attached hydrogen (secondary N) is 1. The number of unbranched alkanes of at least 4 members (excludes halogenated alkanes) is 3. The van der Waals surface area contributed by atoms with Crippen molar-refractivity contribution in [3.63, 3.8) is 0 Å². The minimum Gasteiger partial charge on any atom is -0.380 e. The van der Waals surface area contributed by atoms with Gasteiger partial charge in [-0.1, -0.05) is 45.1 Å². The summed E-state index contributed by atoms with van der Waals surface area (Å²) in [7, 11) is 1.91. The van der Waals surface area contributed by atoms with E-state index in [-0.39, 0.29) is 0 Å². The molecule has 1 saturated carbocycles. The highest BCUT2D eigenvalue weighted by Crippen LogP contribution is 2.30. The van der Waals surface area contributed by atoms with Crippen LogP contribution in [0.15, 0.2) is 12.7 Å². The molecule has 0 spiro atoms. The molecule has 124 valence electrons. The fraction of sp³-hybridized carbons (Fsp3) is 0.895. The number of methoxy groups -OCH3 is 1. The Hall–Kier alpha value is -0.340. The molecule has 0 aliphatic heterocycles. The molecule has 0 heterocycles. The lowest BCUT2D eigenvalue weighted by Crippen LogP contribution is -2.45. The van der Waals surface area contributed by atoms with E-state index < -0.39 is 0 Å². The molecule has 0 saturated heterocycles. The molecule has 1 rings (SSSR count). The van der Waals surface area contributed by atoms with Crippen molar-refractivity contribution in [3.8, 4) is 0 Å². The lowest BCUT2D eigenvalue weighted by molar-refractivity contribution is 0.00554. The highest BCUT2D eigenvalue weighted by atomic mass is 16.5. The van der Waals surface area contributed by atoms with Crippen molar-refractivity contribution in [2.24, 2.45) is 5.92 Å². The monoisotopic (exact) mass is 295 g/mol. The Labute approximate surface area is 132 Å². The van der Waals surface area contributed by atoms with Crippen LogP contribution in [-0.4, -0.2) is 25.8 Å². The Kier molecular flexibility index (Phi) is 10.9. The SMILES string of the molecule is C=CCCCCCC(NCCC)C(OC)C1CCCCC1. The number of hydrogen-bond donors (Lipinski definition) is 1. The zero-order chi connectivity index (χ0) is 15.3. The second-order valence-electron chi connectivity index (χ2n) is 6.59. The third-order valence-electron chi connectivity index (χ3n) is 4.86. The third kappa shape index (κ3) is 7.46. The van der Waals surface area contributed by atoms with Crippen LogP contribution in [0.4, 0.5) is 0 Å². The lowest BCUT2D eigenvalue weighted by Gasteiger charge is -2.35. The van der Waals surface area contributed by atoms with E-state index in [0.717, 1.165) is 18.9 Å². The van der Waals surface area contributed by atoms with Gasteiger partial charge in [0.15, 0.2) is 0 Å². The fourth-order valence-electron chi connectivity index (χ4n) is 3.69. The van der Waals surface area contributed by atoms with Gasteiger partial charge in [-0.15, -0.1) is 6.58 Å². The van der Waals surface area contributed by atoms with Crippen molar-refractivity contribution in [1.29, 1.82) is 0 Å². The molecule has 2 unspecified atom stereocenters. The molecule has 1 aliphatic rings. The number of hydrogen-bond acceptors (Lipinski definition) is 2. The number of rotatable bonds is 12. The van der Waals surface area contributed by atoms with E-state index in [1.807, 2.05) is 13.2 Å². The summed E-state index contributed by atoms with van der Waals surface area (Å²) in [5.41, 5.74) is 0. The van der Waals surface area contributed by atoms with Gasteiger partial charge in [-0.3, -0.25) is 0 Å². The summed E-state index contributed by atoms with van der Waals surface area (Å²) >= 11 is 0. The van der Waals surface area contributed by atoms with E-state index in [1.54, 1.807) is 0 Å². The standard InChI is InChI=1S/C19H37NO/c1-4-6-7-8-12-15-18(20-16-5-2)19(21-3)17-13-10-9-11-14-17/h4,17-20H,1,5-16H2,2-3H3. The van der Waals surface area contributed by atoms with Gasteiger partial charge in [0.1, 0.15) is 0 Å². The quantitative estimate of drug-likeness (QED) is 0.400. The average molecular weight is 296 g/mol. The molecule has 0 aromatic carbocycles. The van der Waals surface area contributed by atoms with Gasteiger partial charge in [-0.2, -0.15) is 0 Å². The summed E-state index contributed by atoms with van der Waals surface area (Å²) in [4.78, 5) is 0. The first-order chi connectivity index (χ1) is 10.3. The summed E-state index contributed by atoms with van der Waals surface area (Å²) < 4.78 is 5.95. The Morgan fingerprint density at radius 3 is 2.57 bits per heavy atom. The second kappa shape index (κ2) is 12.2. The molecule has 1 aliphatic carbocycles. The summed E-state index contributed by atoms with van der Waals surface area (Å²) in [6.07, 6.45) is 16.9. The van der Waals surface area contributed by atoms with Gasteiger partial charge in [0.25, 0.3) is 0 Å². The highest BCUT2D eigenvalue weighted by molar-refractivity contribution is 4.85. The maximum Gasteiger partial charge on any atom is 0.0752 e. The van der Waals surface area contributed by atoms with E-state index >= 15 is 0 Å². The Morgan fingerprint density at radius 2 is 1.95 bits per heavy atom. The molecule has 1 fully saturated rings. The van der Waals surface area contributed by atoms with Crippen LogP contribution in [0.25, 0.3) is 0 Å². The van der Waals surface area contributed by atoms with Gasteiger partial charge in [0, 0.05) is 13.2 Å². The molecule has 2 heteroatoms. The van der Waals surface area contributed by atoms with Crippen LogP contribution in [0.2, 0.25) is 0 Å². The minimum absolute atomic E-state index is 0.413. The van der Waals surface area contributed by atoms with Crippen LogP contribution in [0.3, 0.4) is 0 Å². The smallest absolute Gasteiger partial charge is 0.0752 e. The first-order valence-electron chi connectivity index (χ1n) is 9.20. The van der Waals surface area contributed by atoms with Gasteiger partial charge in [-0.25, -0.2) is 0 Å². The average Bonchev–Trinajstić information content (AvgIpc) is 2.53. The largest absolute Gasteiger partial charge is 0.380 e. The number of allylic oxidation sites excluding steroid dienone is 1. The summed E-state index contributed by atoms with van der Waals surface area (Å²) in [6, 6.07) is 0.543. The van der Waals surface area contributed by atoms with E-state index in [1.165, 1.54) is 64.2 Å². The topological polar surface area (TPSA) is 21.3 Å². The highest BCUT2D eigenvalue weighted by Gasteiger charge is 2.29. The van der Waals surface area contributed by atoms with Crippen LogP contribution >= 0.6 is 0 Å². The molecule has 0 bridgehead atoms. The van der Waals surface area contributed by atoms with E-state index in [2.05, 4.69) is 18.8 Å². The van der Waals surface area contributed by atoms with Gasteiger partial charge in [0.05, 0.1) is 6.10 Å². The van der Waals surface area contributed by atoms with Crippen LogP contribution in [0.5, 0.6) is 0 Å². The third-order valence-corrected chi connectivity index (χ3v) is 4.86. The maximum atomic E-state index is 5.95. The van der Waals surface area contributed by atoms with E-state index in [0.29, 0.717) is 12.1 Å². The van der Waals surface area contributed by atoms with Crippen molar-refractivity contribution in [2.45, 2.75) is 89.7 Å². The first kappa shape index (κ1) is 18.7. The molecular weight excluding hydrogens is 258 g/mol. The lowest BCUT2D eigenvalue weighted by atomic mass is 9.81.